The van der Waals surface area contributed by atoms with E-state index in [4.69, 9.17) is 0 Å². The Hall–Kier alpha value is -2.50. The maximum Gasteiger partial charge on any atom is 0.272 e. The van der Waals surface area contributed by atoms with E-state index in [0.717, 1.165) is 25.9 Å². The molecule has 1 fully saturated rings. The van der Waals surface area contributed by atoms with Gasteiger partial charge in [0.15, 0.2) is 0 Å². The van der Waals surface area contributed by atoms with Crippen LogP contribution in [0.2, 0.25) is 0 Å². The van der Waals surface area contributed by atoms with Crippen LogP contribution in [0.4, 0.5) is 10.3 Å². The Morgan fingerprint density at radius 3 is 2.64 bits per heavy atom. The highest BCUT2D eigenvalue weighted by atomic mass is 19.1. The molecule has 1 aromatic heterocycles. The molecule has 1 aliphatic rings. The maximum absolute atomic E-state index is 13.6. The lowest BCUT2D eigenvalue weighted by molar-refractivity contribution is 0.0755. The van der Waals surface area contributed by atoms with Crippen molar-refractivity contribution in [2.45, 2.75) is 32.1 Å². The van der Waals surface area contributed by atoms with Gasteiger partial charge in [-0.2, -0.15) is 0 Å². The first-order valence-electron chi connectivity index (χ1n) is 8.83. The summed E-state index contributed by atoms with van der Waals surface area (Å²) >= 11 is 0. The van der Waals surface area contributed by atoms with Crippen LogP contribution in [0.3, 0.4) is 0 Å². The number of hydrogen-bond donors (Lipinski definition) is 1. The van der Waals surface area contributed by atoms with E-state index in [1.165, 1.54) is 18.9 Å². The van der Waals surface area contributed by atoms with E-state index in [-0.39, 0.29) is 11.7 Å². The molecule has 1 N–H and O–H groups in total. The highest BCUT2D eigenvalue weighted by Crippen LogP contribution is 2.13. The summed E-state index contributed by atoms with van der Waals surface area (Å²) in [6.45, 7) is 2.08. The first-order valence-corrected chi connectivity index (χ1v) is 8.83. The van der Waals surface area contributed by atoms with E-state index in [1.807, 2.05) is 11.0 Å². The van der Waals surface area contributed by atoms with E-state index < -0.39 is 0 Å². The second kappa shape index (κ2) is 8.55. The lowest BCUT2D eigenvalue weighted by Crippen LogP contribution is -2.32. The minimum absolute atomic E-state index is 0.0403. The molecule has 25 heavy (non-hydrogen) atoms. The third-order valence-corrected chi connectivity index (χ3v) is 4.40. The molecular weight excluding hydrogens is 319 g/mol. The monoisotopic (exact) mass is 342 g/mol. The minimum atomic E-state index is -0.213. The van der Waals surface area contributed by atoms with Crippen molar-refractivity contribution in [3.05, 3.63) is 53.6 Å². The molecule has 132 valence electrons. The van der Waals surface area contributed by atoms with Gasteiger partial charge in [0, 0.05) is 25.8 Å². The number of hydrogen-bond acceptors (Lipinski definition) is 4. The largest absolute Gasteiger partial charge is 0.354 e. The summed E-state index contributed by atoms with van der Waals surface area (Å²) in [6.07, 6.45) is 6.56. The topological polar surface area (TPSA) is 58.1 Å². The van der Waals surface area contributed by atoms with Crippen LogP contribution in [0.25, 0.3) is 0 Å². The van der Waals surface area contributed by atoms with Gasteiger partial charge in [0.05, 0.1) is 0 Å². The summed E-state index contributed by atoms with van der Waals surface area (Å²) in [5, 5.41) is 3.07. The molecule has 2 aromatic rings. The zero-order chi connectivity index (χ0) is 17.5. The van der Waals surface area contributed by atoms with Gasteiger partial charge in [0.25, 0.3) is 5.91 Å². The van der Waals surface area contributed by atoms with Gasteiger partial charge in [0.2, 0.25) is 5.95 Å². The van der Waals surface area contributed by atoms with Crippen LogP contribution in [-0.2, 0) is 6.42 Å². The van der Waals surface area contributed by atoms with Crippen LogP contribution in [-0.4, -0.2) is 40.4 Å². The molecule has 1 aromatic carbocycles. The average molecular weight is 342 g/mol. The zero-order valence-electron chi connectivity index (χ0n) is 14.2. The molecule has 0 bridgehead atoms. The maximum atomic E-state index is 13.6. The van der Waals surface area contributed by atoms with Crippen LogP contribution >= 0.6 is 0 Å². The Kier molecular flexibility index (Phi) is 5.93. The van der Waals surface area contributed by atoms with Crippen molar-refractivity contribution in [2.24, 2.45) is 0 Å². The molecule has 1 amide bonds. The molecule has 0 atom stereocenters. The molecular formula is C19H23FN4O. The van der Waals surface area contributed by atoms with Gasteiger partial charge in [-0.05, 0) is 37.0 Å². The molecule has 5 nitrogen and oxygen atoms in total. The molecule has 1 saturated heterocycles. The Bertz CT molecular complexity index is 714. The number of aromatic nitrogens is 2. The van der Waals surface area contributed by atoms with Crippen LogP contribution in [0.15, 0.2) is 36.5 Å². The molecule has 0 radical (unpaired) electrons. The molecule has 3 rings (SSSR count). The Balaban J connectivity index is 1.59. The smallest absolute Gasteiger partial charge is 0.272 e. The molecule has 0 unspecified atom stereocenters. The lowest BCUT2D eigenvalue weighted by Gasteiger charge is -2.19. The highest BCUT2D eigenvalue weighted by Gasteiger charge is 2.18. The Morgan fingerprint density at radius 2 is 1.88 bits per heavy atom. The quantitative estimate of drug-likeness (QED) is 0.906. The number of carbonyl (C=O) groups excluding carboxylic acids is 1. The van der Waals surface area contributed by atoms with Crippen LogP contribution < -0.4 is 5.32 Å². The van der Waals surface area contributed by atoms with Gasteiger partial charge >= 0.3 is 0 Å². The zero-order valence-corrected chi connectivity index (χ0v) is 14.2. The Labute approximate surface area is 147 Å². The predicted octanol–water partition coefficient (Wildman–Crippen LogP) is 3.29. The number of benzene rings is 1. The number of anilines is 1. The normalized spacial score (nSPS) is 14.8. The molecule has 2 heterocycles. The van der Waals surface area contributed by atoms with Crippen molar-refractivity contribution in [3.63, 3.8) is 0 Å². The third kappa shape index (κ3) is 4.75. The standard InChI is InChI=1S/C19H23FN4O/c20-16-8-4-3-7-15(16)9-11-21-19-22-12-10-17(23-19)18(25)24-13-5-1-2-6-14-24/h3-4,7-8,10,12H,1-2,5-6,9,11,13-14H2,(H,21,22,23). The van der Waals surface area contributed by atoms with Crippen LogP contribution in [0.1, 0.15) is 41.7 Å². The molecule has 6 heteroatoms. The van der Waals surface area contributed by atoms with E-state index in [9.17, 15) is 9.18 Å². The van der Waals surface area contributed by atoms with Gasteiger partial charge in [-0.15, -0.1) is 0 Å². The van der Waals surface area contributed by atoms with Gasteiger partial charge in [-0.3, -0.25) is 4.79 Å². The summed E-state index contributed by atoms with van der Waals surface area (Å²) in [7, 11) is 0. The summed E-state index contributed by atoms with van der Waals surface area (Å²) in [6, 6.07) is 8.35. The molecule has 0 saturated carbocycles. The van der Waals surface area contributed by atoms with Crippen LogP contribution in [0.5, 0.6) is 0 Å². The van der Waals surface area contributed by atoms with Crippen molar-refractivity contribution in [1.29, 1.82) is 0 Å². The second-order valence-corrected chi connectivity index (χ2v) is 6.24. The molecule has 0 aliphatic carbocycles. The number of amides is 1. The number of halogens is 1. The van der Waals surface area contributed by atoms with Gasteiger partial charge in [-0.1, -0.05) is 31.0 Å². The van der Waals surface area contributed by atoms with E-state index in [1.54, 1.807) is 24.4 Å². The Morgan fingerprint density at radius 1 is 1.12 bits per heavy atom. The van der Waals surface area contributed by atoms with Crippen molar-refractivity contribution in [2.75, 3.05) is 25.0 Å². The van der Waals surface area contributed by atoms with Gasteiger partial charge < -0.3 is 10.2 Å². The van der Waals surface area contributed by atoms with E-state index in [0.29, 0.717) is 30.2 Å². The van der Waals surface area contributed by atoms with Crippen molar-refractivity contribution >= 4 is 11.9 Å². The lowest BCUT2D eigenvalue weighted by atomic mass is 10.1. The fourth-order valence-corrected chi connectivity index (χ4v) is 3.01. The summed E-state index contributed by atoms with van der Waals surface area (Å²) in [5.41, 5.74) is 1.05. The SMILES string of the molecule is O=C(c1ccnc(NCCc2ccccc2F)n1)N1CCCCCC1. The first-order chi connectivity index (χ1) is 12.2. The highest BCUT2D eigenvalue weighted by molar-refractivity contribution is 5.92. The minimum Gasteiger partial charge on any atom is -0.354 e. The predicted molar refractivity (Wildman–Crippen MR) is 95.0 cm³/mol. The fourth-order valence-electron chi connectivity index (χ4n) is 3.01. The first kappa shape index (κ1) is 17.3. The van der Waals surface area contributed by atoms with Crippen molar-refractivity contribution in [1.82, 2.24) is 14.9 Å². The number of nitrogens with one attached hydrogen (secondary N) is 1. The molecule has 1 aliphatic heterocycles. The average Bonchev–Trinajstić information content (AvgIpc) is 2.92. The number of carbonyl (C=O) groups is 1. The van der Waals surface area contributed by atoms with Gasteiger partial charge in [-0.25, -0.2) is 14.4 Å². The summed E-state index contributed by atoms with van der Waals surface area (Å²) in [4.78, 5) is 23.0. The molecule has 0 spiro atoms. The van der Waals surface area contributed by atoms with Gasteiger partial charge in [0.1, 0.15) is 11.5 Å². The van der Waals surface area contributed by atoms with E-state index >= 15 is 0 Å². The summed E-state index contributed by atoms with van der Waals surface area (Å²) < 4.78 is 13.6. The van der Waals surface area contributed by atoms with Crippen LogP contribution in [0, 0.1) is 5.82 Å². The van der Waals surface area contributed by atoms with Crippen molar-refractivity contribution < 1.29 is 9.18 Å². The summed E-state index contributed by atoms with van der Waals surface area (Å²) in [5.74, 6) is 0.147. The second-order valence-electron chi connectivity index (χ2n) is 6.24. The number of likely N-dealkylation sites (tertiary alicyclic amines) is 1. The third-order valence-electron chi connectivity index (χ3n) is 4.40. The number of rotatable bonds is 5. The fraction of sp³-hybridized carbons (Fsp3) is 0.421. The van der Waals surface area contributed by atoms with E-state index in [2.05, 4.69) is 15.3 Å². The number of nitrogens with zero attached hydrogens (tertiary/aromatic N) is 3. The van der Waals surface area contributed by atoms with Crippen molar-refractivity contribution in [3.8, 4) is 0 Å².